The maximum atomic E-state index is 6.21. The average Bonchev–Trinajstić information content (AvgIpc) is 2.45. The summed E-state index contributed by atoms with van der Waals surface area (Å²) in [6, 6.07) is 11.1. The van der Waals surface area contributed by atoms with Crippen LogP contribution in [0.5, 0.6) is 11.5 Å². The van der Waals surface area contributed by atoms with Gasteiger partial charge < -0.3 is 10.5 Å². The van der Waals surface area contributed by atoms with Gasteiger partial charge in [0.25, 0.3) is 0 Å². The van der Waals surface area contributed by atoms with Gasteiger partial charge in [-0.1, -0.05) is 17.7 Å². The van der Waals surface area contributed by atoms with Crippen molar-refractivity contribution >= 4 is 34.7 Å². The van der Waals surface area contributed by atoms with Crippen LogP contribution < -0.4 is 10.5 Å². The van der Waals surface area contributed by atoms with E-state index in [1.807, 2.05) is 25.1 Å². The lowest BCUT2D eigenvalue weighted by Crippen LogP contribution is -2.12. The minimum absolute atomic E-state index is 0.179. The highest BCUT2D eigenvalue weighted by atomic mass is 35.5. The number of ether oxygens (including phenoxy) is 1. The van der Waals surface area contributed by atoms with Crippen molar-refractivity contribution in [2.75, 3.05) is 5.88 Å². The number of halogens is 2. The zero-order valence-corrected chi connectivity index (χ0v) is 13.4. The van der Waals surface area contributed by atoms with Crippen LogP contribution in [0.15, 0.2) is 41.4 Å². The highest BCUT2D eigenvalue weighted by molar-refractivity contribution is 6.32. The van der Waals surface area contributed by atoms with E-state index < -0.39 is 0 Å². The normalized spacial score (nSPS) is 11.5. The molecule has 2 N–H and O–H groups in total. The maximum absolute atomic E-state index is 6.21. The molecule has 0 heterocycles. The van der Waals surface area contributed by atoms with Gasteiger partial charge in [-0.3, -0.25) is 0 Å². The second-order valence-electron chi connectivity index (χ2n) is 4.70. The number of hydrogen-bond donors (Lipinski definition) is 1. The van der Waals surface area contributed by atoms with Crippen molar-refractivity contribution in [2.45, 2.75) is 13.8 Å². The van der Waals surface area contributed by atoms with Gasteiger partial charge in [-0.2, -0.15) is 0 Å². The molecule has 0 aliphatic heterocycles. The number of amidine groups is 1. The van der Waals surface area contributed by atoms with Gasteiger partial charge in [0.05, 0.1) is 16.6 Å². The molecule has 0 bridgehead atoms. The molecule has 0 unspecified atom stereocenters. The summed E-state index contributed by atoms with van der Waals surface area (Å²) >= 11 is 11.8. The summed E-state index contributed by atoms with van der Waals surface area (Å²) in [6.07, 6.45) is 0. The first-order valence-corrected chi connectivity index (χ1v) is 7.34. The minimum Gasteiger partial charge on any atom is -0.456 e. The third kappa shape index (κ3) is 4.13. The van der Waals surface area contributed by atoms with Gasteiger partial charge in [0.2, 0.25) is 0 Å². The van der Waals surface area contributed by atoms with E-state index in [2.05, 4.69) is 11.9 Å². The fraction of sp³-hybridized carbons (Fsp3) is 0.188. The van der Waals surface area contributed by atoms with Crippen molar-refractivity contribution in [3.8, 4) is 11.5 Å². The second kappa shape index (κ2) is 6.83. The van der Waals surface area contributed by atoms with E-state index in [0.717, 1.165) is 5.75 Å². The lowest BCUT2D eigenvalue weighted by molar-refractivity contribution is 0.482. The van der Waals surface area contributed by atoms with Gasteiger partial charge in [0.1, 0.15) is 17.3 Å². The van der Waals surface area contributed by atoms with Gasteiger partial charge in [0, 0.05) is 0 Å². The van der Waals surface area contributed by atoms with Crippen molar-refractivity contribution in [3.05, 3.63) is 52.5 Å². The van der Waals surface area contributed by atoms with Crippen LogP contribution in [0.25, 0.3) is 0 Å². The highest BCUT2D eigenvalue weighted by Gasteiger charge is 2.06. The SMILES string of the molecule is Cc1ccc(Oc2ccc(N=C(N)CCl)cc2Cl)cc1C. The molecule has 21 heavy (non-hydrogen) atoms. The summed E-state index contributed by atoms with van der Waals surface area (Å²) in [7, 11) is 0. The van der Waals surface area contributed by atoms with Gasteiger partial charge >= 0.3 is 0 Å². The van der Waals surface area contributed by atoms with Gasteiger partial charge in [0.15, 0.2) is 0 Å². The van der Waals surface area contributed by atoms with E-state index >= 15 is 0 Å². The number of rotatable bonds is 4. The number of nitrogens with two attached hydrogens (primary N) is 1. The fourth-order valence-electron chi connectivity index (χ4n) is 1.74. The largest absolute Gasteiger partial charge is 0.456 e. The van der Waals surface area contributed by atoms with Gasteiger partial charge in [-0.05, 0) is 55.3 Å². The molecule has 0 fully saturated rings. The van der Waals surface area contributed by atoms with Crippen LogP contribution in [-0.4, -0.2) is 11.7 Å². The molecular weight excluding hydrogens is 307 g/mol. The lowest BCUT2D eigenvalue weighted by atomic mass is 10.1. The summed E-state index contributed by atoms with van der Waals surface area (Å²) in [6.45, 7) is 4.09. The number of hydrogen-bond acceptors (Lipinski definition) is 2. The molecule has 0 radical (unpaired) electrons. The summed E-state index contributed by atoms with van der Waals surface area (Å²) in [5.41, 5.74) is 8.62. The third-order valence-electron chi connectivity index (χ3n) is 3.03. The molecule has 0 spiro atoms. The predicted molar refractivity (Wildman–Crippen MR) is 89.4 cm³/mol. The standard InChI is InChI=1S/C16H16Cl2N2O/c1-10-3-5-13(7-11(10)2)21-15-6-4-12(8-14(15)18)20-16(19)9-17/h3-8H,9H2,1-2H3,(H2,19,20). The zero-order chi connectivity index (χ0) is 15.4. The third-order valence-corrected chi connectivity index (χ3v) is 3.60. The molecule has 2 aromatic carbocycles. The fourth-order valence-corrected chi connectivity index (χ4v) is 2.02. The molecule has 0 aromatic heterocycles. The second-order valence-corrected chi connectivity index (χ2v) is 5.37. The molecule has 0 aliphatic carbocycles. The van der Waals surface area contributed by atoms with Crippen molar-refractivity contribution < 1.29 is 4.74 Å². The molecule has 0 saturated carbocycles. The van der Waals surface area contributed by atoms with Crippen molar-refractivity contribution in [2.24, 2.45) is 10.7 Å². The lowest BCUT2D eigenvalue weighted by Gasteiger charge is -2.10. The Morgan fingerprint density at radius 1 is 1.14 bits per heavy atom. The maximum Gasteiger partial charge on any atom is 0.146 e. The van der Waals surface area contributed by atoms with Crippen LogP contribution in [0.2, 0.25) is 5.02 Å². The molecule has 0 aliphatic rings. The van der Waals surface area contributed by atoms with Crippen LogP contribution in [-0.2, 0) is 0 Å². The van der Waals surface area contributed by atoms with Crippen LogP contribution in [0, 0.1) is 13.8 Å². The molecule has 2 rings (SSSR count). The number of aryl methyl sites for hydroxylation is 2. The van der Waals surface area contributed by atoms with Crippen molar-refractivity contribution in [1.29, 1.82) is 0 Å². The Hall–Kier alpha value is -1.71. The molecule has 0 amide bonds. The quantitative estimate of drug-likeness (QED) is 0.490. The first kappa shape index (κ1) is 15.7. The van der Waals surface area contributed by atoms with Crippen molar-refractivity contribution in [1.82, 2.24) is 0 Å². The summed E-state index contributed by atoms with van der Waals surface area (Å²) < 4.78 is 5.79. The van der Waals surface area contributed by atoms with Gasteiger partial charge in [-0.15, -0.1) is 11.6 Å². The van der Waals surface area contributed by atoms with Gasteiger partial charge in [-0.25, -0.2) is 4.99 Å². The first-order chi connectivity index (χ1) is 9.99. The Morgan fingerprint density at radius 2 is 1.90 bits per heavy atom. The molecule has 5 heteroatoms. The Balaban J connectivity index is 2.23. The van der Waals surface area contributed by atoms with E-state index in [-0.39, 0.29) is 5.88 Å². The minimum atomic E-state index is 0.179. The number of nitrogens with zero attached hydrogens (tertiary/aromatic N) is 1. The zero-order valence-electron chi connectivity index (χ0n) is 11.9. The first-order valence-electron chi connectivity index (χ1n) is 6.43. The molecular formula is C16H16Cl2N2O. The summed E-state index contributed by atoms with van der Waals surface area (Å²) in [5, 5.41) is 0.469. The molecule has 3 nitrogen and oxygen atoms in total. The summed E-state index contributed by atoms with van der Waals surface area (Å²) in [5.74, 6) is 1.84. The van der Waals surface area contributed by atoms with Crippen molar-refractivity contribution in [3.63, 3.8) is 0 Å². The van der Waals surface area contributed by atoms with E-state index in [9.17, 15) is 0 Å². The number of aliphatic imine (C=N–C) groups is 1. The Bertz CT molecular complexity index is 684. The number of alkyl halides is 1. The van der Waals surface area contributed by atoms with Crippen LogP contribution in [0.3, 0.4) is 0 Å². The van der Waals surface area contributed by atoms with Crippen LogP contribution in [0.4, 0.5) is 5.69 Å². The molecule has 0 saturated heterocycles. The molecule has 2 aromatic rings. The Morgan fingerprint density at radius 3 is 2.52 bits per heavy atom. The van der Waals surface area contributed by atoms with Crippen LogP contribution >= 0.6 is 23.2 Å². The monoisotopic (exact) mass is 322 g/mol. The van der Waals surface area contributed by atoms with E-state index in [1.54, 1.807) is 18.2 Å². The van der Waals surface area contributed by atoms with E-state index in [4.69, 9.17) is 33.7 Å². The Kier molecular flexibility index (Phi) is 5.10. The highest BCUT2D eigenvalue weighted by Crippen LogP contribution is 2.33. The van der Waals surface area contributed by atoms with E-state index in [1.165, 1.54) is 11.1 Å². The Labute approximate surface area is 134 Å². The van der Waals surface area contributed by atoms with E-state index in [0.29, 0.717) is 22.3 Å². The topological polar surface area (TPSA) is 47.6 Å². The summed E-state index contributed by atoms with van der Waals surface area (Å²) in [4.78, 5) is 4.13. The smallest absolute Gasteiger partial charge is 0.146 e. The number of benzene rings is 2. The van der Waals surface area contributed by atoms with Crippen LogP contribution in [0.1, 0.15) is 11.1 Å². The average molecular weight is 323 g/mol. The predicted octanol–water partition coefficient (Wildman–Crippen LogP) is 4.98. The molecule has 0 atom stereocenters. The molecule has 110 valence electrons.